The molecule has 0 radical (unpaired) electrons. The maximum atomic E-state index is 5.74. The number of fused-ring (bicyclic) bond motifs is 1. The molecule has 0 unspecified atom stereocenters. The van der Waals surface area contributed by atoms with Crippen molar-refractivity contribution in [3.05, 3.63) is 36.3 Å². The number of hydrogen-bond donors (Lipinski definition) is 1. The zero-order valence-corrected chi connectivity index (χ0v) is 21.3. The molecule has 2 aliphatic rings. The molecule has 0 spiro atoms. The molecule has 0 atom stereocenters. The molecule has 0 saturated carbocycles. The number of hydrogen-bond acceptors (Lipinski definition) is 11. The fraction of sp³-hybridized carbons (Fsp3) is 0.480. The van der Waals surface area contributed by atoms with Gasteiger partial charge < -0.3 is 30.1 Å². The fourth-order valence-corrected chi connectivity index (χ4v) is 4.60. The van der Waals surface area contributed by atoms with E-state index >= 15 is 0 Å². The topological polar surface area (TPSA) is 113 Å². The van der Waals surface area contributed by atoms with Gasteiger partial charge in [-0.25, -0.2) is 19.9 Å². The molecule has 11 heteroatoms. The first-order valence-corrected chi connectivity index (χ1v) is 12.4. The number of ether oxygens (including phenoxy) is 1. The van der Waals surface area contributed by atoms with Gasteiger partial charge in [0.1, 0.15) is 11.6 Å². The van der Waals surface area contributed by atoms with Crippen molar-refractivity contribution in [3.8, 4) is 11.3 Å². The van der Waals surface area contributed by atoms with E-state index in [1.807, 2.05) is 6.20 Å². The maximum absolute atomic E-state index is 5.74. The molecule has 2 aliphatic heterocycles. The molecule has 0 aliphatic carbocycles. The molecule has 3 aromatic rings. The monoisotopic (exact) mass is 490 g/mol. The van der Waals surface area contributed by atoms with Gasteiger partial charge in [-0.15, -0.1) is 0 Å². The lowest BCUT2D eigenvalue weighted by Crippen LogP contribution is -2.37. The molecule has 0 amide bonds. The number of morpholine rings is 1. The van der Waals surface area contributed by atoms with E-state index in [2.05, 4.69) is 62.8 Å². The van der Waals surface area contributed by atoms with E-state index in [4.69, 9.17) is 25.4 Å². The van der Waals surface area contributed by atoms with Crippen molar-refractivity contribution in [2.45, 2.75) is 12.8 Å². The summed E-state index contributed by atoms with van der Waals surface area (Å²) in [7, 11) is 6.28. The van der Waals surface area contributed by atoms with Gasteiger partial charge >= 0.3 is 0 Å². The van der Waals surface area contributed by atoms with E-state index in [1.54, 1.807) is 12.4 Å². The molecule has 5 rings (SSSR count). The molecule has 0 aromatic carbocycles. The third-order valence-corrected chi connectivity index (χ3v) is 6.59. The van der Waals surface area contributed by atoms with E-state index in [1.165, 1.54) is 0 Å². The molecule has 190 valence electrons. The van der Waals surface area contributed by atoms with Gasteiger partial charge in [0.2, 0.25) is 11.9 Å². The second-order valence-corrected chi connectivity index (χ2v) is 9.46. The van der Waals surface area contributed by atoms with Gasteiger partial charge in [0.05, 0.1) is 30.8 Å². The summed E-state index contributed by atoms with van der Waals surface area (Å²) in [6.07, 6.45) is 7.32. The van der Waals surface area contributed by atoms with Crippen molar-refractivity contribution < 1.29 is 4.74 Å². The van der Waals surface area contributed by atoms with E-state index in [9.17, 15) is 0 Å². The van der Waals surface area contributed by atoms with E-state index in [-0.39, 0.29) is 5.95 Å². The normalized spacial score (nSPS) is 15.4. The van der Waals surface area contributed by atoms with Crippen LogP contribution in [0.4, 0.5) is 29.2 Å². The smallest absolute Gasteiger partial charge is 0.228 e. The second-order valence-electron chi connectivity index (χ2n) is 9.46. The van der Waals surface area contributed by atoms with E-state index in [0.717, 1.165) is 79.7 Å². The Hall–Kier alpha value is -3.57. The molecular weight excluding hydrogens is 456 g/mol. The summed E-state index contributed by atoms with van der Waals surface area (Å²) in [6, 6.07) is 4.21. The SMILES string of the molecule is CN(C)CCCN(C)c1ccc(N2CCc3c(-c4cnc(N)nc4)nc(N4CCOCC4)nc32)cn1. The van der Waals surface area contributed by atoms with Crippen molar-refractivity contribution in [3.63, 3.8) is 0 Å². The van der Waals surface area contributed by atoms with Crippen molar-refractivity contribution in [1.29, 1.82) is 0 Å². The van der Waals surface area contributed by atoms with Crippen LogP contribution in [-0.4, -0.2) is 96.9 Å². The highest BCUT2D eigenvalue weighted by Gasteiger charge is 2.29. The van der Waals surface area contributed by atoms with Gasteiger partial charge in [-0.1, -0.05) is 0 Å². The number of anilines is 5. The van der Waals surface area contributed by atoms with Crippen LogP contribution in [-0.2, 0) is 11.2 Å². The summed E-state index contributed by atoms with van der Waals surface area (Å²) in [5.74, 6) is 2.82. The lowest BCUT2D eigenvalue weighted by Gasteiger charge is -2.28. The largest absolute Gasteiger partial charge is 0.378 e. The van der Waals surface area contributed by atoms with Crippen LogP contribution < -0.4 is 20.4 Å². The molecule has 1 saturated heterocycles. The number of nitrogens with two attached hydrogens (primary N) is 1. The van der Waals surface area contributed by atoms with Crippen LogP contribution in [0.2, 0.25) is 0 Å². The fourth-order valence-electron chi connectivity index (χ4n) is 4.60. The molecule has 1 fully saturated rings. The first-order chi connectivity index (χ1) is 17.5. The number of nitrogen functional groups attached to an aromatic ring is 1. The van der Waals surface area contributed by atoms with Gasteiger partial charge in [-0.2, -0.15) is 4.98 Å². The zero-order chi connectivity index (χ0) is 25.1. The average molecular weight is 491 g/mol. The van der Waals surface area contributed by atoms with Gasteiger partial charge in [0.25, 0.3) is 0 Å². The number of rotatable bonds is 8. The zero-order valence-electron chi connectivity index (χ0n) is 21.3. The predicted molar refractivity (Wildman–Crippen MR) is 142 cm³/mol. The molecule has 5 heterocycles. The summed E-state index contributed by atoms with van der Waals surface area (Å²) in [4.78, 5) is 32.0. The Labute approximate surface area is 212 Å². The van der Waals surface area contributed by atoms with Crippen LogP contribution in [0.25, 0.3) is 11.3 Å². The number of aromatic nitrogens is 5. The standard InChI is InChI=1S/C25H34N10O/c1-32(2)8-4-9-33(3)21-6-5-19(17-27-21)35-10-7-20-22(18-15-28-24(26)29-16-18)30-25(31-23(20)35)34-11-13-36-14-12-34/h5-6,15-17H,4,7-14H2,1-3H3,(H2,26,28,29). The van der Waals surface area contributed by atoms with Crippen LogP contribution in [0.1, 0.15) is 12.0 Å². The van der Waals surface area contributed by atoms with Gasteiger partial charge in [-0.05, 0) is 45.6 Å². The van der Waals surface area contributed by atoms with Gasteiger partial charge in [0, 0.05) is 56.7 Å². The Balaban J connectivity index is 1.44. The summed E-state index contributed by atoms with van der Waals surface area (Å²) in [5, 5.41) is 0. The summed E-state index contributed by atoms with van der Waals surface area (Å²) < 4.78 is 5.54. The lowest BCUT2D eigenvalue weighted by atomic mass is 10.1. The van der Waals surface area contributed by atoms with Crippen molar-refractivity contribution >= 4 is 29.2 Å². The van der Waals surface area contributed by atoms with Crippen LogP contribution in [0, 0.1) is 0 Å². The lowest BCUT2D eigenvalue weighted by molar-refractivity contribution is 0.122. The van der Waals surface area contributed by atoms with Crippen LogP contribution in [0.3, 0.4) is 0 Å². The highest BCUT2D eigenvalue weighted by Crippen LogP contribution is 2.39. The minimum absolute atomic E-state index is 0.248. The second kappa shape index (κ2) is 10.6. The summed E-state index contributed by atoms with van der Waals surface area (Å²) >= 11 is 0. The number of pyridine rings is 1. The van der Waals surface area contributed by atoms with E-state index in [0.29, 0.717) is 19.2 Å². The Kier molecular flexibility index (Phi) is 7.10. The van der Waals surface area contributed by atoms with Crippen molar-refractivity contribution in [2.24, 2.45) is 0 Å². The highest BCUT2D eigenvalue weighted by molar-refractivity contribution is 5.76. The van der Waals surface area contributed by atoms with Crippen molar-refractivity contribution in [2.75, 3.05) is 87.5 Å². The quantitative estimate of drug-likeness (QED) is 0.499. The Morgan fingerprint density at radius 2 is 1.72 bits per heavy atom. The third kappa shape index (κ3) is 5.17. The Bertz CT molecular complexity index is 1160. The van der Waals surface area contributed by atoms with Gasteiger partial charge in [0.15, 0.2) is 0 Å². The van der Waals surface area contributed by atoms with Crippen LogP contribution in [0.5, 0.6) is 0 Å². The number of nitrogens with zero attached hydrogens (tertiary/aromatic N) is 9. The van der Waals surface area contributed by atoms with Crippen molar-refractivity contribution in [1.82, 2.24) is 29.8 Å². The highest BCUT2D eigenvalue weighted by atomic mass is 16.5. The predicted octanol–water partition coefficient (Wildman–Crippen LogP) is 1.83. The summed E-state index contributed by atoms with van der Waals surface area (Å²) in [5.41, 5.74) is 9.54. The maximum Gasteiger partial charge on any atom is 0.228 e. The first-order valence-electron chi connectivity index (χ1n) is 12.4. The Morgan fingerprint density at radius 1 is 0.944 bits per heavy atom. The molecular formula is C25H34N10O. The third-order valence-electron chi connectivity index (χ3n) is 6.59. The van der Waals surface area contributed by atoms with Crippen LogP contribution >= 0.6 is 0 Å². The molecule has 36 heavy (non-hydrogen) atoms. The molecule has 3 aromatic heterocycles. The summed E-state index contributed by atoms with van der Waals surface area (Å²) in [6.45, 7) is 5.66. The average Bonchev–Trinajstić information content (AvgIpc) is 3.33. The minimum atomic E-state index is 0.248. The van der Waals surface area contributed by atoms with Crippen LogP contribution in [0.15, 0.2) is 30.7 Å². The molecule has 0 bridgehead atoms. The molecule has 11 nitrogen and oxygen atoms in total. The van der Waals surface area contributed by atoms with Gasteiger partial charge in [-0.3, -0.25) is 0 Å². The van der Waals surface area contributed by atoms with E-state index < -0.39 is 0 Å². The first kappa shape index (κ1) is 24.1. The molecule has 2 N–H and O–H groups in total. The Morgan fingerprint density at radius 3 is 2.42 bits per heavy atom. The minimum Gasteiger partial charge on any atom is -0.378 e.